The first-order valence-electron chi connectivity index (χ1n) is 9.59. The van der Waals surface area contributed by atoms with Crippen LogP contribution < -0.4 is 15.2 Å². The summed E-state index contributed by atoms with van der Waals surface area (Å²) in [4.78, 5) is 4.20. The summed E-state index contributed by atoms with van der Waals surface area (Å²) >= 11 is 12.3. The van der Waals surface area contributed by atoms with Crippen molar-refractivity contribution in [1.82, 2.24) is 4.98 Å². The topological polar surface area (TPSA) is 107 Å². The molecule has 0 saturated heterocycles. The molecule has 2 heterocycles. The summed E-state index contributed by atoms with van der Waals surface area (Å²) in [7, 11) is -3.38. The second kappa shape index (κ2) is 8.74. The van der Waals surface area contributed by atoms with Gasteiger partial charge in [0.05, 0.1) is 22.9 Å². The lowest BCUT2D eigenvalue weighted by atomic mass is 10.1. The molecule has 2 aromatic heterocycles. The number of hydrogen-bond acceptors (Lipinski definition) is 6. The average molecular weight is 510 g/mol. The van der Waals surface area contributed by atoms with Crippen molar-refractivity contribution in [2.75, 3.05) is 16.7 Å². The fourth-order valence-electron chi connectivity index (χ4n) is 3.40. The molecule has 0 amide bonds. The molecule has 0 aliphatic carbocycles. The van der Waals surface area contributed by atoms with Gasteiger partial charge in [-0.2, -0.15) is 0 Å². The normalized spacial score (nSPS) is 12.6. The van der Waals surface area contributed by atoms with Crippen molar-refractivity contribution in [3.05, 3.63) is 70.3 Å². The summed E-state index contributed by atoms with van der Waals surface area (Å²) in [5.41, 5.74) is 8.54. The predicted molar refractivity (Wildman–Crippen MR) is 128 cm³/mol. The molecule has 1 atom stereocenters. The van der Waals surface area contributed by atoms with E-state index in [1.807, 2.05) is 0 Å². The number of nitrogen functional groups attached to an aromatic ring is 1. The first-order valence-corrected chi connectivity index (χ1v) is 12.2. The van der Waals surface area contributed by atoms with Crippen molar-refractivity contribution in [3.8, 4) is 16.9 Å². The molecule has 1 unspecified atom stereocenters. The summed E-state index contributed by atoms with van der Waals surface area (Å²) in [6.45, 7) is 1.65. The molecular formula is C22H18Cl2FN3O4S. The van der Waals surface area contributed by atoms with Gasteiger partial charge in [0.1, 0.15) is 11.9 Å². The summed E-state index contributed by atoms with van der Waals surface area (Å²) in [5.74, 6) is -0.380. The number of nitrogens with one attached hydrogen (secondary N) is 1. The second-order valence-corrected chi connectivity index (χ2v) is 9.87. The number of nitrogens with zero attached hydrogens (tertiary/aromatic N) is 1. The molecule has 4 aromatic rings. The highest BCUT2D eigenvalue weighted by Crippen LogP contribution is 2.41. The molecule has 11 heteroatoms. The van der Waals surface area contributed by atoms with Crippen LogP contribution in [0.15, 0.2) is 53.3 Å². The Labute approximate surface area is 199 Å². The first kappa shape index (κ1) is 23.2. The lowest BCUT2D eigenvalue weighted by molar-refractivity contribution is 0.227. The number of halogens is 3. The largest absolute Gasteiger partial charge is 0.478 e. The van der Waals surface area contributed by atoms with Crippen molar-refractivity contribution in [3.63, 3.8) is 0 Å². The van der Waals surface area contributed by atoms with Gasteiger partial charge in [0.2, 0.25) is 15.8 Å². The van der Waals surface area contributed by atoms with E-state index >= 15 is 0 Å². The number of aromatic nitrogens is 1. The summed E-state index contributed by atoms with van der Waals surface area (Å²) in [6, 6.07) is 9.31. The van der Waals surface area contributed by atoms with Crippen LogP contribution in [0.1, 0.15) is 18.6 Å². The number of pyridine rings is 1. The molecular weight excluding hydrogens is 492 g/mol. The van der Waals surface area contributed by atoms with Crippen LogP contribution in [0, 0.1) is 5.82 Å². The number of fused-ring (bicyclic) bond motifs is 1. The van der Waals surface area contributed by atoms with Crippen molar-refractivity contribution < 1.29 is 22.0 Å². The maximum atomic E-state index is 14.0. The van der Waals surface area contributed by atoms with Crippen LogP contribution in [0.4, 0.5) is 15.9 Å². The van der Waals surface area contributed by atoms with E-state index in [2.05, 4.69) is 9.71 Å². The third-order valence-electron chi connectivity index (χ3n) is 4.88. The molecule has 172 valence electrons. The van der Waals surface area contributed by atoms with Crippen LogP contribution in [0.3, 0.4) is 0 Å². The Bertz CT molecular complexity index is 1460. The van der Waals surface area contributed by atoms with Gasteiger partial charge in [-0.1, -0.05) is 35.3 Å². The zero-order valence-electron chi connectivity index (χ0n) is 17.4. The predicted octanol–water partition coefficient (Wildman–Crippen LogP) is 6.03. The van der Waals surface area contributed by atoms with Gasteiger partial charge in [0, 0.05) is 28.0 Å². The standard InChI is InChI=1S/C22H18Cl2FN3O4S/c1-11(18-16(23)7-8-17(25)19(18)24)32-21-20-14(9-27-22(21)26)15(10-31-20)12-3-5-13(6-4-12)28-33(2,29)30/h3-11,28H,1-2H3,(H2,26,27). The van der Waals surface area contributed by atoms with Crippen LogP contribution in [0.25, 0.3) is 22.1 Å². The van der Waals surface area contributed by atoms with E-state index in [0.29, 0.717) is 22.2 Å². The maximum absolute atomic E-state index is 14.0. The monoisotopic (exact) mass is 509 g/mol. The van der Waals surface area contributed by atoms with E-state index in [9.17, 15) is 12.8 Å². The van der Waals surface area contributed by atoms with E-state index in [1.54, 1.807) is 37.4 Å². The highest BCUT2D eigenvalue weighted by Gasteiger charge is 2.23. The quantitative estimate of drug-likeness (QED) is 0.307. The highest BCUT2D eigenvalue weighted by atomic mass is 35.5. The zero-order chi connectivity index (χ0) is 23.9. The minimum absolute atomic E-state index is 0.0756. The van der Waals surface area contributed by atoms with Gasteiger partial charge >= 0.3 is 0 Å². The number of hydrogen-bond donors (Lipinski definition) is 2. The number of nitrogens with two attached hydrogens (primary N) is 1. The number of sulfonamides is 1. The van der Waals surface area contributed by atoms with Gasteiger partial charge in [0.25, 0.3) is 0 Å². The Kier molecular flexibility index (Phi) is 6.13. The molecule has 4 rings (SSSR count). The molecule has 0 fully saturated rings. The minimum atomic E-state index is -3.38. The van der Waals surface area contributed by atoms with Crippen LogP contribution in [0.2, 0.25) is 10.0 Å². The number of furan rings is 1. The lowest BCUT2D eigenvalue weighted by Crippen LogP contribution is -2.09. The number of anilines is 2. The summed E-state index contributed by atoms with van der Waals surface area (Å²) < 4.78 is 50.9. The number of rotatable bonds is 6. The average Bonchev–Trinajstić information content (AvgIpc) is 3.17. The maximum Gasteiger partial charge on any atom is 0.229 e. The van der Waals surface area contributed by atoms with Gasteiger partial charge in [-0.25, -0.2) is 17.8 Å². The van der Waals surface area contributed by atoms with Crippen molar-refractivity contribution in [1.29, 1.82) is 0 Å². The van der Waals surface area contributed by atoms with E-state index in [1.165, 1.54) is 18.4 Å². The lowest BCUT2D eigenvalue weighted by Gasteiger charge is -2.18. The Morgan fingerprint density at radius 1 is 1.18 bits per heavy atom. The molecule has 0 saturated carbocycles. The van der Waals surface area contributed by atoms with Crippen LogP contribution in [0.5, 0.6) is 5.75 Å². The fraction of sp³-hybridized carbons (Fsp3) is 0.136. The van der Waals surface area contributed by atoms with E-state index in [4.69, 9.17) is 38.1 Å². The molecule has 0 bridgehead atoms. The molecule has 0 radical (unpaired) electrons. The molecule has 33 heavy (non-hydrogen) atoms. The van der Waals surface area contributed by atoms with Gasteiger partial charge in [-0.15, -0.1) is 0 Å². The molecule has 7 nitrogen and oxygen atoms in total. The van der Waals surface area contributed by atoms with Gasteiger partial charge in [-0.3, -0.25) is 4.72 Å². The first-order chi connectivity index (χ1) is 15.5. The molecule has 3 N–H and O–H groups in total. The smallest absolute Gasteiger partial charge is 0.229 e. The molecule has 2 aromatic carbocycles. The van der Waals surface area contributed by atoms with Crippen molar-refractivity contribution in [2.24, 2.45) is 0 Å². The summed E-state index contributed by atoms with van der Waals surface area (Å²) in [5, 5.41) is 0.721. The molecule has 0 aliphatic rings. The minimum Gasteiger partial charge on any atom is -0.478 e. The van der Waals surface area contributed by atoms with E-state index in [-0.39, 0.29) is 27.2 Å². The van der Waals surface area contributed by atoms with Crippen molar-refractivity contribution >= 4 is 55.7 Å². The van der Waals surface area contributed by atoms with Crippen LogP contribution in [-0.2, 0) is 10.0 Å². The fourth-order valence-corrected chi connectivity index (χ4v) is 4.64. The van der Waals surface area contributed by atoms with Gasteiger partial charge in [0.15, 0.2) is 11.4 Å². The third-order valence-corrected chi connectivity index (χ3v) is 6.20. The Morgan fingerprint density at radius 2 is 1.88 bits per heavy atom. The SMILES string of the molecule is CC(Oc1c(N)ncc2c(-c3ccc(NS(C)(=O)=O)cc3)coc12)c1c(Cl)ccc(F)c1Cl. The van der Waals surface area contributed by atoms with E-state index in [0.717, 1.165) is 11.8 Å². The molecule has 0 spiro atoms. The van der Waals surface area contributed by atoms with Crippen LogP contribution >= 0.6 is 23.2 Å². The van der Waals surface area contributed by atoms with Gasteiger partial charge in [-0.05, 0) is 36.8 Å². The van der Waals surface area contributed by atoms with Crippen molar-refractivity contribution in [2.45, 2.75) is 13.0 Å². The van der Waals surface area contributed by atoms with E-state index < -0.39 is 21.9 Å². The Balaban J connectivity index is 1.71. The molecule has 0 aliphatic heterocycles. The second-order valence-electron chi connectivity index (χ2n) is 7.33. The summed E-state index contributed by atoms with van der Waals surface area (Å²) in [6.07, 6.45) is 3.38. The Hall–Kier alpha value is -3.01. The Morgan fingerprint density at radius 3 is 2.55 bits per heavy atom. The third kappa shape index (κ3) is 4.71. The number of benzene rings is 2. The number of ether oxygens (including phenoxy) is 1. The highest BCUT2D eigenvalue weighted by molar-refractivity contribution is 7.92. The van der Waals surface area contributed by atoms with Gasteiger partial charge < -0.3 is 14.9 Å². The zero-order valence-corrected chi connectivity index (χ0v) is 19.7. The van der Waals surface area contributed by atoms with Crippen LogP contribution in [-0.4, -0.2) is 19.7 Å².